The van der Waals surface area contributed by atoms with Gasteiger partial charge < -0.3 is 9.80 Å². The lowest BCUT2D eigenvalue weighted by molar-refractivity contribution is 0.0959. The van der Waals surface area contributed by atoms with E-state index < -0.39 is 5.66 Å². The van der Waals surface area contributed by atoms with Crippen molar-refractivity contribution in [3.05, 3.63) is 111 Å². The van der Waals surface area contributed by atoms with Crippen molar-refractivity contribution < 1.29 is 4.79 Å². The fourth-order valence-electron chi connectivity index (χ4n) is 2.79. The standard InChI is InChI=1S/C21H22N2O/c1-5-22(6-2)21(23(7-3)8-4)16-14-19(15-17-21)20(24)18-12-10-9-11-13-18/h5-17,19H,1-4H2. The first-order valence-electron chi connectivity index (χ1n) is 7.68. The summed E-state index contributed by atoms with van der Waals surface area (Å²) in [5.41, 5.74) is -0.00148. The van der Waals surface area contributed by atoms with Gasteiger partial charge in [0, 0.05) is 5.56 Å². The van der Waals surface area contributed by atoms with Gasteiger partial charge in [-0.05, 0) is 37.0 Å². The number of benzene rings is 1. The zero-order valence-corrected chi connectivity index (χ0v) is 13.7. The topological polar surface area (TPSA) is 23.6 Å². The molecule has 0 spiro atoms. The highest BCUT2D eigenvalue weighted by atomic mass is 16.1. The van der Waals surface area contributed by atoms with Crippen LogP contribution in [0.1, 0.15) is 10.4 Å². The van der Waals surface area contributed by atoms with E-state index in [0.29, 0.717) is 5.56 Å². The normalized spacial score (nSPS) is 15.3. The molecule has 0 bridgehead atoms. The summed E-state index contributed by atoms with van der Waals surface area (Å²) in [4.78, 5) is 16.3. The predicted octanol–water partition coefficient (Wildman–Crippen LogP) is 4.49. The van der Waals surface area contributed by atoms with E-state index in [4.69, 9.17) is 0 Å². The smallest absolute Gasteiger partial charge is 0.173 e. The lowest BCUT2D eigenvalue weighted by Crippen LogP contribution is -2.51. The largest absolute Gasteiger partial charge is 0.325 e. The molecule has 0 heterocycles. The average Bonchev–Trinajstić information content (AvgIpc) is 2.64. The number of allylic oxidation sites excluding steroid dienone is 2. The third kappa shape index (κ3) is 3.01. The van der Waals surface area contributed by atoms with Gasteiger partial charge in [-0.2, -0.15) is 0 Å². The minimum atomic E-state index is -0.694. The summed E-state index contributed by atoms with van der Waals surface area (Å²) in [5, 5.41) is 0. The summed E-state index contributed by atoms with van der Waals surface area (Å²) in [6.07, 6.45) is 14.3. The van der Waals surface area contributed by atoms with E-state index >= 15 is 0 Å². The van der Waals surface area contributed by atoms with Gasteiger partial charge in [0.1, 0.15) is 0 Å². The van der Waals surface area contributed by atoms with Gasteiger partial charge in [-0.15, -0.1) is 0 Å². The quantitative estimate of drug-likeness (QED) is 0.401. The SMILES string of the molecule is C=CN(C=C)C1(N(C=C)C=C)C=CC(C(=O)c2ccccc2)C=C1. The van der Waals surface area contributed by atoms with Crippen LogP contribution in [0.25, 0.3) is 0 Å². The highest BCUT2D eigenvalue weighted by Gasteiger charge is 2.35. The Hall–Kier alpha value is -3.07. The monoisotopic (exact) mass is 318 g/mol. The van der Waals surface area contributed by atoms with Gasteiger partial charge in [-0.3, -0.25) is 4.79 Å². The molecule has 0 fully saturated rings. The van der Waals surface area contributed by atoms with Crippen molar-refractivity contribution >= 4 is 5.78 Å². The van der Waals surface area contributed by atoms with Gasteiger partial charge in [0.05, 0.1) is 5.92 Å². The lowest BCUT2D eigenvalue weighted by atomic mass is 9.89. The fraction of sp³-hybridized carbons (Fsp3) is 0.0952. The molecule has 1 aromatic carbocycles. The fourth-order valence-corrected chi connectivity index (χ4v) is 2.79. The van der Waals surface area contributed by atoms with Crippen LogP contribution in [0.4, 0.5) is 0 Å². The van der Waals surface area contributed by atoms with Crippen LogP contribution in [0.5, 0.6) is 0 Å². The molecule has 0 aliphatic heterocycles. The van der Waals surface area contributed by atoms with Crippen LogP contribution in [0, 0.1) is 5.92 Å². The zero-order chi connectivity index (χ0) is 17.6. The second kappa shape index (κ2) is 7.47. The Balaban J connectivity index is 2.36. The molecule has 2 rings (SSSR count). The number of ketones is 1. The van der Waals surface area contributed by atoms with Gasteiger partial charge in [-0.1, -0.05) is 68.8 Å². The molecule has 122 valence electrons. The van der Waals surface area contributed by atoms with Crippen molar-refractivity contribution in [3.63, 3.8) is 0 Å². The number of hydrogen-bond acceptors (Lipinski definition) is 3. The van der Waals surface area contributed by atoms with Crippen molar-refractivity contribution in [2.45, 2.75) is 5.66 Å². The average molecular weight is 318 g/mol. The summed E-state index contributed by atoms with van der Waals surface area (Å²) in [6.45, 7) is 15.3. The Morgan fingerprint density at radius 3 is 1.75 bits per heavy atom. The number of carbonyl (C=O) groups excluding carboxylic acids is 1. The van der Waals surface area contributed by atoms with E-state index in [1.807, 2.05) is 64.4 Å². The molecule has 0 aromatic heterocycles. The molecule has 0 N–H and O–H groups in total. The van der Waals surface area contributed by atoms with Gasteiger partial charge in [0.15, 0.2) is 11.4 Å². The molecular weight excluding hydrogens is 296 g/mol. The Bertz CT molecular complexity index is 648. The van der Waals surface area contributed by atoms with Crippen LogP contribution in [0.15, 0.2) is 106 Å². The third-order valence-corrected chi connectivity index (χ3v) is 4.07. The maximum Gasteiger partial charge on any atom is 0.173 e. The minimum Gasteiger partial charge on any atom is -0.325 e. The molecule has 0 amide bonds. The summed E-state index contributed by atoms with van der Waals surface area (Å²) < 4.78 is 0. The van der Waals surface area contributed by atoms with Crippen molar-refractivity contribution in [1.82, 2.24) is 9.80 Å². The molecule has 1 aliphatic carbocycles. The van der Waals surface area contributed by atoms with E-state index in [9.17, 15) is 4.79 Å². The summed E-state index contributed by atoms with van der Waals surface area (Å²) in [7, 11) is 0. The van der Waals surface area contributed by atoms with Gasteiger partial charge in [0.2, 0.25) is 0 Å². The summed E-state index contributed by atoms with van der Waals surface area (Å²) in [5.74, 6) is -0.252. The van der Waals surface area contributed by atoms with E-state index in [1.165, 1.54) is 0 Å². The van der Waals surface area contributed by atoms with Gasteiger partial charge in [-0.25, -0.2) is 0 Å². The molecule has 0 radical (unpaired) electrons. The number of nitrogens with zero attached hydrogens (tertiary/aromatic N) is 2. The zero-order valence-electron chi connectivity index (χ0n) is 13.7. The number of carbonyl (C=O) groups is 1. The van der Waals surface area contributed by atoms with Crippen LogP contribution >= 0.6 is 0 Å². The molecule has 0 atom stereocenters. The first-order valence-corrected chi connectivity index (χ1v) is 7.68. The molecule has 0 unspecified atom stereocenters. The van der Waals surface area contributed by atoms with E-state index in [0.717, 1.165) is 0 Å². The van der Waals surface area contributed by atoms with E-state index in [1.54, 1.807) is 24.8 Å². The maximum absolute atomic E-state index is 12.6. The Morgan fingerprint density at radius 1 is 0.875 bits per heavy atom. The van der Waals surface area contributed by atoms with Crippen LogP contribution in [0.2, 0.25) is 0 Å². The van der Waals surface area contributed by atoms with Crippen molar-refractivity contribution in [2.24, 2.45) is 5.92 Å². The van der Waals surface area contributed by atoms with E-state index in [-0.39, 0.29) is 11.7 Å². The second-order valence-corrected chi connectivity index (χ2v) is 5.30. The lowest BCUT2D eigenvalue weighted by Gasteiger charge is -2.45. The van der Waals surface area contributed by atoms with Crippen LogP contribution < -0.4 is 0 Å². The van der Waals surface area contributed by atoms with Crippen LogP contribution in [0.3, 0.4) is 0 Å². The molecule has 0 saturated heterocycles. The van der Waals surface area contributed by atoms with Gasteiger partial charge in [0.25, 0.3) is 0 Å². The molecule has 24 heavy (non-hydrogen) atoms. The maximum atomic E-state index is 12.6. The molecule has 1 aromatic rings. The molecule has 0 saturated carbocycles. The Morgan fingerprint density at radius 2 is 1.33 bits per heavy atom. The summed E-state index contributed by atoms with van der Waals surface area (Å²) in [6, 6.07) is 9.27. The van der Waals surface area contributed by atoms with Crippen LogP contribution in [-0.4, -0.2) is 21.2 Å². The Labute approximate surface area is 143 Å². The number of hydrogen-bond donors (Lipinski definition) is 0. The van der Waals surface area contributed by atoms with Gasteiger partial charge >= 0.3 is 0 Å². The van der Waals surface area contributed by atoms with Crippen molar-refractivity contribution in [3.8, 4) is 0 Å². The minimum absolute atomic E-state index is 0.0595. The van der Waals surface area contributed by atoms with Crippen molar-refractivity contribution in [2.75, 3.05) is 0 Å². The Kier molecular flexibility index (Phi) is 5.38. The second-order valence-electron chi connectivity index (χ2n) is 5.30. The third-order valence-electron chi connectivity index (χ3n) is 4.07. The van der Waals surface area contributed by atoms with E-state index in [2.05, 4.69) is 26.3 Å². The summed E-state index contributed by atoms with van der Waals surface area (Å²) >= 11 is 0. The predicted molar refractivity (Wildman–Crippen MR) is 99.7 cm³/mol. The molecule has 1 aliphatic rings. The number of rotatable bonds is 8. The highest BCUT2D eigenvalue weighted by molar-refractivity contribution is 6.00. The molecule has 3 heteroatoms. The molecular formula is C21H22N2O. The van der Waals surface area contributed by atoms with Crippen molar-refractivity contribution in [1.29, 1.82) is 0 Å². The number of Topliss-reactive ketones (excluding diaryl/α,β-unsaturated/α-hetero) is 1. The van der Waals surface area contributed by atoms with Crippen LogP contribution in [-0.2, 0) is 0 Å². The first kappa shape index (κ1) is 17.3. The molecule has 3 nitrogen and oxygen atoms in total. The highest BCUT2D eigenvalue weighted by Crippen LogP contribution is 2.31. The first-order chi connectivity index (χ1) is 11.6.